The first-order valence-corrected chi connectivity index (χ1v) is 4.30. The van der Waals surface area contributed by atoms with E-state index < -0.39 is 0 Å². The predicted octanol–water partition coefficient (Wildman–Crippen LogP) is 1.80. The fourth-order valence-corrected chi connectivity index (χ4v) is 2.83. The number of fused-ring (bicyclic) bond motifs is 2. The van der Waals surface area contributed by atoms with Gasteiger partial charge in [0, 0.05) is 0 Å². The Balaban J connectivity index is 2.25. The molecule has 2 fully saturated rings. The van der Waals surface area contributed by atoms with Crippen LogP contribution in [0.1, 0.15) is 33.1 Å². The van der Waals surface area contributed by atoms with Crippen molar-refractivity contribution >= 4 is 0 Å². The molecule has 0 amide bonds. The van der Waals surface area contributed by atoms with E-state index in [0.29, 0.717) is 5.92 Å². The molecule has 0 unspecified atom stereocenters. The van der Waals surface area contributed by atoms with Crippen LogP contribution in [0.25, 0.3) is 0 Å². The monoisotopic (exact) mass is 140 g/mol. The van der Waals surface area contributed by atoms with Crippen molar-refractivity contribution in [3.05, 3.63) is 0 Å². The average molecular weight is 140 g/mol. The zero-order valence-electron chi connectivity index (χ0n) is 6.80. The van der Waals surface area contributed by atoms with E-state index in [4.69, 9.17) is 0 Å². The van der Waals surface area contributed by atoms with E-state index in [1.54, 1.807) is 0 Å². The van der Waals surface area contributed by atoms with Crippen molar-refractivity contribution < 1.29 is 5.11 Å². The number of aliphatic hydroxyl groups excluding tert-OH is 1. The summed E-state index contributed by atoms with van der Waals surface area (Å²) >= 11 is 0. The van der Waals surface area contributed by atoms with Gasteiger partial charge in [0.05, 0.1) is 6.10 Å². The van der Waals surface area contributed by atoms with Crippen molar-refractivity contribution in [1.82, 2.24) is 0 Å². The lowest BCUT2D eigenvalue weighted by Gasteiger charge is -2.34. The Labute approximate surface area is 62.4 Å². The Kier molecular flexibility index (Phi) is 1.17. The second kappa shape index (κ2) is 1.76. The topological polar surface area (TPSA) is 20.2 Å². The van der Waals surface area contributed by atoms with Gasteiger partial charge in [0.2, 0.25) is 0 Å². The normalized spacial score (nSPS) is 50.1. The fourth-order valence-electron chi connectivity index (χ4n) is 2.83. The molecule has 1 heteroatoms. The molecule has 2 rings (SSSR count). The highest BCUT2D eigenvalue weighted by molar-refractivity contribution is 5.01. The molecule has 0 aromatic carbocycles. The molecule has 0 aromatic rings. The Hall–Kier alpha value is -0.0400. The summed E-state index contributed by atoms with van der Waals surface area (Å²) in [7, 11) is 0. The Morgan fingerprint density at radius 3 is 2.30 bits per heavy atom. The van der Waals surface area contributed by atoms with Gasteiger partial charge in [0.15, 0.2) is 0 Å². The molecule has 2 aliphatic carbocycles. The third-order valence-corrected chi connectivity index (χ3v) is 3.73. The molecule has 0 radical (unpaired) electrons. The SMILES string of the molecule is CC1(C)[C@H]2CC[C@H](C2)[C@H]1O. The van der Waals surface area contributed by atoms with Gasteiger partial charge in [-0.2, -0.15) is 0 Å². The zero-order chi connectivity index (χ0) is 7.35. The van der Waals surface area contributed by atoms with E-state index in [2.05, 4.69) is 13.8 Å². The minimum atomic E-state index is -0.00810. The molecule has 1 N–H and O–H groups in total. The first-order chi connectivity index (χ1) is 4.62. The van der Waals surface area contributed by atoms with E-state index in [1.165, 1.54) is 19.3 Å². The first-order valence-electron chi connectivity index (χ1n) is 4.30. The lowest BCUT2D eigenvalue weighted by Crippen LogP contribution is -2.34. The Morgan fingerprint density at radius 2 is 2.00 bits per heavy atom. The van der Waals surface area contributed by atoms with Gasteiger partial charge in [-0.15, -0.1) is 0 Å². The van der Waals surface area contributed by atoms with Crippen LogP contribution in [0, 0.1) is 17.3 Å². The zero-order valence-corrected chi connectivity index (χ0v) is 6.80. The molecule has 2 aliphatic rings. The minimum Gasteiger partial charge on any atom is -0.392 e. The summed E-state index contributed by atoms with van der Waals surface area (Å²) in [6, 6.07) is 0. The van der Waals surface area contributed by atoms with Crippen molar-refractivity contribution in [2.45, 2.75) is 39.2 Å². The molecule has 3 atom stereocenters. The standard InChI is InChI=1S/C9H16O/c1-9(2)7-4-3-6(5-7)8(9)10/h6-8,10H,3-5H2,1-2H3/t6-,7+,8-/m1/s1. The first kappa shape index (κ1) is 6.66. The van der Waals surface area contributed by atoms with Gasteiger partial charge in [-0.3, -0.25) is 0 Å². The molecular formula is C9H16O. The van der Waals surface area contributed by atoms with Crippen LogP contribution in [0.15, 0.2) is 0 Å². The van der Waals surface area contributed by atoms with E-state index in [1.807, 2.05) is 0 Å². The van der Waals surface area contributed by atoms with Crippen molar-refractivity contribution in [1.29, 1.82) is 0 Å². The molecule has 1 nitrogen and oxygen atoms in total. The maximum Gasteiger partial charge on any atom is 0.0622 e. The predicted molar refractivity (Wildman–Crippen MR) is 40.6 cm³/mol. The van der Waals surface area contributed by atoms with Gasteiger partial charge in [0.25, 0.3) is 0 Å². The average Bonchev–Trinajstić information content (AvgIpc) is 2.37. The third-order valence-electron chi connectivity index (χ3n) is 3.73. The smallest absolute Gasteiger partial charge is 0.0622 e. The maximum absolute atomic E-state index is 9.75. The highest BCUT2D eigenvalue weighted by atomic mass is 16.3. The Morgan fingerprint density at radius 1 is 1.30 bits per heavy atom. The molecule has 0 saturated heterocycles. The van der Waals surface area contributed by atoms with Crippen LogP contribution in [-0.2, 0) is 0 Å². The summed E-state index contributed by atoms with van der Waals surface area (Å²) in [6.45, 7) is 4.42. The highest BCUT2D eigenvalue weighted by Gasteiger charge is 2.51. The van der Waals surface area contributed by atoms with Crippen LogP contribution >= 0.6 is 0 Å². The molecule has 2 saturated carbocycles. The second-order valence-corrected chi connectivity index (χ2v) is 4.54. The summed E-state index contributed by atoms with van der Waals surface area (Å²) < 4.78 is 0. The van der Waals surface area contributed by atoms with Crippen LogP contribution in [0.2, 0.25) is 0 Å². The van der Waals surface area contributed by atoms with Gasteiger partial charge >= 0.3 is 0 Å². The van der Waals surface area contributed by atoms with Crippen LogP contribution in [-0.4, -0.2) is 11.2 Å². The molecule has 58 valence electrons. The molecule has 10 heavy (non-hydrogen) atoms. The van der Waals surface area contributed by atoms with Crippen LogP contribution in [0.3, 0.4) is 0 Å². The van der Waals surface area contributed by atoms with Crippen molar-refractivity contribution in [2.75, 3.05) is 0 Å². The second-order valence-electron chi connectivity index (χ2n) is 4.54. The molecule has 0 aromatic heterocycles. The van der Waals surface area contributed by atoms with Gasteiger partial charge in [0.1, 0.15) is 0 Å². The van der Waals surface area contributed by atoms with E-state index >= 15 is 0 Å². The maximum atomic E-state index is 9.75. The Bertz CT molecular complexity index is 147. The summed E-state index contributed by atoms with van der Waals surface area (Å²) in [5.74, 6) is 1.45. The number of rotatable bonds is 0. The van der Waals surface area contributed by atoms with Crippen LogP contribution in [0.5, 0.6) is 0 Å². The van der Waals surface area contributed by atoms with Crippen LogP contribution in [0.4, 0.5) is 0 Å². The van der Waals surface area contributed by atoms with E-state index in [9.17, 15) is 5.11 Å². The summed E-state index contributed by atoms with van der Waals surface area (Å²) in [5, 5.41) is 9.75. The largest absolute Gasteiger partial charge is 0.392 e. The molecule has 0 heterocycles. The summed E-state index contributed by atoms with van der Waals surface area (Å²) in [6.07, 6.45) is 3.91. The lowest BCUT2D eigenvalue weighted by atomic mass is 9.74. The van der Waals surface area contributed by atoms with Gasteiger partial charge in [-0.1, -0.05) is 13.8 Å². The van der Waals surface area contributed by atoms with Crippen molar-refractivity contribution in [3.63, 3.8) is 0 Å². The number of hydrogen-bond donors (Lipinski definition) is 1. The van der Waals surface area contributed by atoms with Gasteiger partial charge in [-0.05, 0) is 36.5 Å². The van der Waals surface area contributed by atoms with Gasteiger partial charge in [-0.25, -0.2) is 0 Å². The molecular weight excluding hydrogens is 124 g/mol. The van der Waals surface area contributed by atoms with E-state index in [0.717, 1.165) is 5.92 Å². The van der Waals surface area contributed by atoms with Crippen LogP contribution < -0.4 is 0 Å². The van der Waals surface area contributed by atoms with Crippen molar-refractivity contribution in [3.8, 4) is 0 Å². The van der Waals surface area contributed by atoms with Crippen molar-refractivity contribution in [2.24, 2.45) is 17.3 Å². The minimum absolute atomic E-state index is 0.00810. The third kappa shape index (κ3) is 0.619. The summed E-state index contributed by atoms with van der Waals surface area (Å²) in [4.78, 5) is 0. The number of aliphatic hydroxyl groups is 1. The molecule has 0 aliphatic heterocycles. The quantitative estimate of drug-likeness (QED) is 0.544. The lowest BCUT2D eigenvalue weighted by molar-refractivity contribution is 0.00432. The highest BCUT2D eigenvalue weighted by Crippen LogP contribution is 2.55. The number of hydrogen-bond acceptors (Lipinski definition) is 1. The molecule has 2 bridgehead atoms. The van der Waals surface area contributed by atoms with E-state index in [-0.39, 0.29) is 11.5 Å². The fraction of sp³-hybridized carbons (Fsp3) is 1.00. The summed E-state index contributed by atoms with van der Waals surface area (Å²) in [5.41, 5.74) is 0.225. The molecule has 0 spiro atoms. The van der Waals surface area contributed by atoms with Gasteiger partial charge < -0.3 is 5.11 Å².